The van der Waals surface area contributed by atoms with E-state index in [4.69, 9.17) is 0 Å². The Balaban J connectivity index is 2.65. The molecule has 0 heterocycles. The van der Waals surface area contributed by atoms with E-state index in [0.717, 1.165) is 10.7 Å². The zero-order chi connectivity index (χ0) is 13.1. The summed E-state index contributed by atoms with van der Waals surface area (Å²) in [5.74, 6) is -0.361. The van der Waals surface area contributed by atoms with Crippen LogP contribution in [0.4, 0.5) is 0 Å². The van der Waals surface area contributed by atoms with Crippen molar-refractivity contribution in [3.63, 3.8) is 0 Å². The summed E-state index contributed by atoms with van der Waals surface area (Å²) in [6.07, 6.45) is 1.13. The molecule has 7 heteroatoms. The second kappa shape index (κ2) is 5.97. The van der Waals surface area contributed by atoms with E-state index in [1.807, 2.05) is 0 Å². The Kier molecular flexibility index (Phi) is 5.15. The summed E-state index contributed by atoms with van der Waals surface area (Å²) in [5, 5.41) is 2.55. The molecule has 1 rings (SSSR count). The Morgan fingerprint density at radius 3 is 2.53 bits per heavy atom. The lowest BCUT2D eigenvalue weighted by molar-refractivity contribution is 0.0955. The third kappa shape index (κ3) is 5.18. The molecule has 94 valence electrons. The van der Waals surface area contributed by atoms with Gasteiger partial charge in [0.25, 0.3) is 5.91 Å². The molecule has 0 saturated carbocycles. The van der Waals surface area contributed by atoms with E-state index in [1.165, 1.54) is 0 Å². The lowest BCUT2D eigenvalue weighted by Crippen LogP contribution is -2.29. The van der Waals surface area contributed by atoms with Crippen molar-refractivity contribution >= 4 is 47.6 Å². The highest BCUT2D eigenvalue weighted by Gasteiger charge is 2.10. The summed E-state index contributed by atoms with van der Waals surface area (Å²) < 4.78 is 23.3. The summed E-state index contributed by atoms with van der Waals surface area (Å²) in [6.45, 7) is 0.111. The molecule has 0 radical (unpaired) electrons. The van der Waals surface area contributed by atoms with Gasteiger partial charge in [-0.3, -0.25) is 4.79 Å². The molecule has 1 amide bonds. The van der Waals surface area contributed by atoms with Gasteiger partial charge in [-0.05, 0) is 34.1 Å². The fraction of sp³-hybridized carbons (Fsp3) is 0.300. The third-order valence-electron chi connectivity index (χ3n) is 1.93. The molecule has 17 heavy (non-hydrogen) atoms. The molecular weight excluding hydrogens is 374 g/mol. The van der Waals surface area contributed by atoms with Gasteiger partial charge in [-0.1, -0.05) is 15.9 Å². The van der Waals surface area contributed by atoms with Crippen LogP contribution in [0.15, 0.2) is 27.1 Å². The molecule has 4 nitrogen and oxygen atoms in total. The summed E-state index contributed by atoms with van der Waals surface area (Å²) in [7, 11) is -3.05. The number of amides is 1. The summed E-state index contributed by atoms with van der Waals surface area (Å²) in [6, 6.07) is 5.16. The molecule has 1 N–H and O–H groups in total. The van der Waals surface area contributed by atoms with Crippen molar-refractivity contribution in [3.05, 3.63) is 32.7 Å². The van der Waals surface area contributed by atoms with E-state index < -0.39 is 9.84 Å². The first kappa shape index (κ1) is 14.7. The van der Waals surface area contributed by atoms with Crippen LogP contribution >= 0.6 is 31.9 Å². The molecule has 0 aliphatic carbocycles. The van der Waals surface area contributed by atoms with Crippen LogP contribution in [-0.4, -0.2) is 32.9 Å². The number of nitrogens with one attached hydrogen (secondary N) is 1. The van der Waals surface area contributed by atoms with Gasteiger partial charge < -0.3 is 5.32 Å². The molecule has 0 spiro atoms. The molecule has 0 atom stereocenters. The molecule has 1 aromatic carbocycles. The van der Waals surface area contributed by atoms with Crippen molar-refractivity contribution in [3.8, 4) is 0 Å². The second-order valence-electron chi connectivity index (χ2n) is 3.51. The first-order valence-electron chi connectivity index (χ1n) is 4.70. The predicted molar refractivity (Wildman–Crippen MR) is 73.9 cm³/mol. The lowest BCUT2D eigenvalue weighted by atomic mass is 10.2. The van der Waals surface area contributed by atoms with Gasteiger partial charge in [-0.2, -0.15) is 0 Å². The van der Waals surface area contributed by atoms with E-state index in [2.05, 4.69) is 37.2 Å². The van der Waals surface area contributed by atoms with Crippen molar-refractivity contribution < 1.29 is 13.2 Å². The Morgan fingerprint density at radius 2 is 2.00 bits per heavy atom. The van der Waals surface area contributed by atoms with Crippen LogP contribution in [0.25, 0.3) is 0 Å². The molecule has 1 aromatic rings. The number of carbonyl (C=O) groups excluding carboxylic acids is 1. The highest BCUT2D eigenvalue weighted by molar-refractivity contribution is 9.11. The van der Waals surface area contributed by atoms with E-state index in [-0.39, 0.29) is 18.2 Å². The van der Waals surface area contributed by atoms with E-state index in [0.29, 0.717) is 10.0 Å². The van der Waals surface area contributed by atoms with Gasteiger partial charge in [0.15, 0.2) is 0 Å². The maximum Gasteiger partial charge on any atom is 0.252 e. The Hall–Kier alpha value is -0.400. The van der Waals surface area contributed by atoms with Crippen molar-refractivity contribution in [1.29, 1.82) is 0 Å². The maximum atomic E-state index is 11.7. The van der Waals surface area contributed by atoms with Gasteiger partial charge >= 0.3 is 0 Å². The normalized spacial score (nSPS) is 11.2. The number of hydrogen-bond donors (Lipinski definition) is 1. The second-order valence-corrected chi connectivity index (χ2v) is 7.54. The Morgan fingerprint density at radius 1 is 1.35 bits per heavy atom. The van der Waals surface area contributed by atoms with Crippen LogP contribution in [0.3, 0.4) is 0 Å². The van der Waals surface area contributed by atoms with Crippen molar-refractivity contribution in [2.45, 2.75) is 0 Å². The average molecular weight is 385 g/mol. The first-order chi connectivity index (χ1) is 7.79. The standard InChI is InChI=1S/C10H11Br2NO3S/c1-17(15,16)5-4-13-10(14)8-3-2-7(11)6-9(8)12/h2-3,6H,4-5H2,1H3,(H,13,14). The monoisotopic (exact) mass is 383 g/mol. The summed E-state index contributed by atoms with van der Waals surface area (Å²) in [5.41, 5.74) is 0.474. The minimum atomic E-state index is -3.05. The van der Waals surface area contributed by atoms with E-state index in [1.54, 1.807) is 18.2 Å². The number of hydrogen-bond acceptors (Lipinski definition) is 3. The van der Waals surface area contributed by atoms with Gasteiger partial charge in [0.1, 0.15) is 9.84 Å². The highest BCUT2D eigenvalue weighted by atomic mass is 79.9. The fourth-order valence-electron chi connectivity index (χ4n) is 1.12. The maximum absolute atomic E-state index is 11.7. The fourth-order valence-corrected chi connectivity index (χ4v) is 2.82. The molecular formula is C10H11Br2NO3S. The van der Waals surface area contributed by atoms with Crippen molar-refractivity contribution in [1.82, 2.24) is 5.32 Å². The Bertz CT molecular complexity index is 528. The number of benzene rings is 1. The minimum absolute atomic E-state index is 0.0626. The zero-order valence-electron chi connectivity index (χ0n) is 9.04. The van der Waals surface area contributed by atoms with Crippen LogP contribution in [0.1, 0.15) is 10.4 Å². The summed E-state index contributed by atoms with van der Waals surface area (Å²) in [4.78, 5) is 11.7. The molecule has 0 bridgehead atoms. The molecule has 0 aliphatic rings. The van der Waals surface area contributed by atoms with Crippen molar-refractivity contribution in [2.75, 3.05) is 18.6 Å². The van der Waals surface area contributed by atoms with Crippen LogP contribution in [0.2, 0.25) is 0 Å². The van der Waals surface area contributed by atoms with E-state index >= 15 is 0 Å². The largest absolute Gasteiger partial charge is 0.351 e. The minimum Gasteiger partial charge on any atom is -0.351 e. The van der Waals surface area contributed by atoms with Gasteiger partial charge in [0.2, 0.25) is 0 Å². The van der Waals surface area contributed by atoms with Crippen LogP contribution in [0.5, 0.6) is 0 Å². The number of halogens is 2. The molecule has 0 unspecified atom stereocenters. The van der Waals surface area contributed by atoms with Crippen LogP contribution in [-0.2, 0) is 9.84 Å². The number of carbonyl (C=O) groups is 1. The van der Waals surface area contributed by atoms with Crippen LogP contribution in [0, 0.1) is 0 Å². The third-order valence-corrected chi connectivity index (χ3v) is 4.03. The molecule has 0 aliphatic heterocycles. The highest BCUT2D eigenvalue weighted by Crippen LogP contribution is 2.21. The first-order valence-corrected chi connectivity index (χ1v) is 8.35. The van der Waals surface area contributed by atoms with Gasteiger partial charge in [0.05, 0.1) is 11.3 Å². The smallest absolute Gasteiger partial charge is 0.252 e. The lowest BCUT2D eigenvalue weighted by Gasteiger charge is -2.06. The zero-order valence-corrected chi connectivity index (χ0v) is 13.0. The Labute approximate surface area is 117 Å². The summed E-state index contributed by atoms with van der Waals surface area (Å²) >= 11 is 6.55. The topological polar surface area (TPSA) is 63.2 Å². The molecule has 0 saturated heterocycles. The van der Waals surface area contributed by atoms with Crippen molar-refractivity contribution in [2.24, 2.45) is 0 Å². The van der Waals surface area contributed by atoms with Gasteiger partial charge in [0, 0.05) is 21.7 Å². The predicted octanol–water partition coefficient (Wildman–Crippen LogP) is 1.99. The molecule has 0 fully saturated rings. The average Bonchev–Trinajstić information content (AvgIpc) is 2.15. The van der Waals surface area contributed by atoms with Gasteiger partial charge in [-0.15, -0.1) is 0 Å². The van der Waals surface area contributed by atoms with E-state index in [9.17, 15) is 13.2 Å². The quantitative estimate of drug-likeness (QED) is 0.863. The number of sulfone groups is 1. The van der Waals surface area contributed by atoms with Crippen LogP contribution < -0.4 is 5.32 Å². The SMILES string of the molecule is CS(=O)(=O)CCNC(=O)c1ccc(Br)cc1Br. The van der Waals surface area contributed by atoms with Gasteiger partial charge in [-0.25, -0.2) is 8.42 Å². The molecule has 0 aromatic heterocycles. The number of rotatable bonds is 4.